The first-order valence-electron chi connectivity index (χ1n) is 13.3. The van der Waals surface area contributed by atoms with Crippen molar-refractivity contribution < 1.29 is 45.6 Å². The SMILES string of the molecule is CC(C)N1C(=O)C2C3CC(C(OC(=O)C45CC6CC(CC(C6)C4)C5)C31)C2C(=O)OCC(F)(F)S(=O)(=O)[O-]. The second-order valence-corrected chi connectivity index (χ2v) is 14.2. The van der Waals surface area contributed by atoms with Gasteiger partial charge in [0.25, 0.3) is 0 Å². The summed E-state index contributed by atoms with van der Waals surface area (Å²) in [4.78, 5) is 41.8. The van der Waals surface area contributed by atoms with Crippen molar-refractivity contribution in [2.24, 2.45) is 46.8 Å². The van der Waals surface area contributed by atoms with Gasteiger partial charge in [-0.3, -0.25) is 14.4 Å². The lowest BCUT2D eigenvalue weighted by Gasteiger charge is -2.55. The van der Waals surface area contributed by atoms with Crippen molar-refractivity contribution in [3.8, 4) is 0 Å². The third-order valence-corrected chi connectivity index (χ3v) is 11.1. The number of carbonyl (C=O) groups is 3. The van der Waals surface area contributed by atoms with Gasteiger partial charge in [0.2, 0.25) is 5.91 Å². The van der Waals surface area contributed by atoms with Crippen LogP contribution in [0.5, 0.6) is 0 Å². The maximum absolute atomic E-state index is 13.8. The zero-order valence-corrected chi connectivity index (χ0v) is 21.6. The highest BCUT2D eigenvalue weighted by Crippen LogP contribution is 2.63. The molecule has 1 saturated heterocycles. The number of halogens is 2. The van der Waals surface area contributed by atoms with Gasteiger partial charge in [0.15, 0.2) is 16.7 Å². The molecule has 6 unspecified atom stereocenters. The van der Waals surface area contributed by atoms with Crippen molar-refractivity contribution in [2.45, 2.75) is 82.2 Å². The van der Waals surface area contributed by atoms with Crippen LogP contribution in [0.2, 0.25) is 0 Å². The summed E-state index contributed by atoms with van der Waals surface area (Å²) in [5.41, 5.74) is -0.540. The number of ether oxygens (including phenoxy) is 2. The van der Waals surface area contributed by atoms with Gasteiger partial charge in [-0.2, -0.15) is 8.78 Å². The molecule has 0 spiro atoms. The van der Waals surface area contributed by atoms with Gasteiger partial charge in [0.1, 0.15) is 6.10 Å². The summed E-state index contributed by atoms with van der Waals surface area (Å²) in [6.07, 6.45) is 5.47. The van der Waals surface area contributed by atoms with Crippen LogP contribution in [0.4, 0.5) is 8.78 Å². The Bertz CT molecular complexity index is 1100. The second kappa shape index (κ2) is 8.09. The molecular formula is C25H32F2NO8S-. The summed E-state index contributed by atoms with van der Waals surface area (Å²) >= 11 is 0. The minimum Gasteiger partial charge on any atom is -0.743 e. The van der Waals surface area contributed by atoms with Crippen molar-refractivity contribution in [3.05, 3.63) is 0 Å². The van der Waals surface area contributed by atoms with Gasteiger partial charge in [0.05, 0.1) is 23.3 Å². The Kier molecular flexibility index (Phi) is 5.57. The predicted octanol–water partition coefficient (Wildman–Crippen LogP) is 2.30. The lowest BCUT2D eigenvalue weighted by molar-refractivity contribution is -0.185. The van der Waals surface area contributed by atoms with E-state index in [1.165, 1.54) is 0 Å². The Morgan fingerprint density at radius 3 is 2.16 bits per heavy atom. The summed E-state index contributed by atoms with van der Waals surface area (Å²) in [5.74, 6) is -3.04. The highest BCUT2D eigenvalue weighted by atomic mass is 32.2. The molecule has 6 saturated carbocycles. The van der Waals surface area contributed by atoms with Crippen LogP contribution in [0.15, 0.2) is 0 Å². The first-order chi connectivity index (χ1) is 17.2. The zero-order valence-electron chi connectivity index (χ0n) is 20.8. The molecule has 6 bridgehead atoms. The van der Waals surface area contributed by atoms with E-state index in [4.69, 9.17) is 4.74 Å². The molecule has 0 aromatic carbocycles. The molecule has 37 heavy (non-hydrogen) atoms. The third kappa shape index (κ3) is 3.67. The fourth-order valence-electron chi connectivity index (χ4n) is 9.36. The van der Waals surface area contributed by atoms with Crippen molar-refractivity contribution in [1.29, 1.82) is 0 Å². The quantitative estimate of drug-likeness (QED) is 0.353. The van der Waals surface area contributed by atoms with Crippen LogP contribution in [0, 0.1) is 46.8 Å². The van der Waals surface area contributed by atoms with Gasteiger partial charge in [-0.05, 0) is 82.5 Å². The standard InChI is InChI=1S/C25H33F2NO8S/c1-11(2)28-19-15-6-16(18(17(15)21(28)29)22(30)35-10-25(26,27)37(32,33)34)20(19)36-23(31)24-7-12-3-13(8-24)5-14(4-12)9-24/h11-20H,3-10H2,1-2H3,(H,32,33,34)/p-1. The van der Waals surface area contributed by atoms with E-state index in [1.807, 2.05) is 13.8 Å². The average Bonchev–Trinajstić information content (AvgIpc) is 3.38. The van der Waals surface area contributed by atoms with Crippen LogP contribution >= 0.6 is 0 Å². The van der Waals surface area contributed by atoms with E-state index < -0.39 is 63.3 Å². The maximum atomic E-state index is 13.8. The molecule has 0 aromatic heterocycles. The maximum Gasteiger partial charge on any atom is 0.367 e. The number of likely N-dealkylation sites (tertiary alicyclic amines) is 1. The lowest BCUT2D eigenvalue weighted by atomic mass is 9.49. The highest BCUT2D eigenvalue weighted by molar-refractivity contribution is 7.86. The van der Waals surface area contributed by atoms with Gasteiger partial charge >= 0.3 is 17.2 Å². The second-order valence-electron chi connectivity index (χ2n) is 12.7. The van der Waals surface area contributed by atoms with E-state index in [1.54, 1.807) is 4.90 Å². The Labute approximate surface area is 214 Å². The number of fused-ring (bicyclic) bond motifs is 1. The van der Waals surface area contributed by atoms with Crippen LogP contribution < -0.4 is 0 Å². The van der Waals surface area contributed by atoms with Crippen LogP contribution in [0.1, 0.15) is 58.8 Å². The van der Waals surface area contributed by atoms with Gasteiger partial charge < -0.3 is 18.9 Å². The average molecular weight is 545 g/mol. The fraction of sp³-hybridized carbons (Fsp3) is 0.880. The fourth-order valence-corrected chi connectivity index (χ4v) is 9.56. The number of hydrogen-bond acceptors (Lipinski definition) is 8. The molecular weight excluding hydrogens is 512 g/mol. The normalized spacial score (nSPS) is 43.7. The molecule has 0 aromatic rings. The molecule has 7 rings (SSSR count). The summed E-state index contributed by atoms with van der Waals surface area (Å²) in [6, 6.07) is -0.623. The van der Waals surface area contributed by atoms with Crippen LogP contribution in [-0.2, 0) is 34.0 Å². The molecule has 7 fully saturated rings. The number of hydrogen-bond donors (Lipinski definition) is 0. The molecule has 1 heterocycles. The summed E-state index contributed by atoms with van der Waals surface area (Å²) in [7, 11) is -6.03. The van der Waals surface area contributed by atoms with Crippen molar-refractivity contribution in [2.75, 3.05) is 6.61 Å². The Morgan fingerprint density at radius 2 is 1.65 bits per heavy atom. The molecule has 12 heteroatoms. The molecule has 6 atom stereocenters. The van der Waals surface area contributed by atoms with Gasteiger partial charge in [-0.25, -0.2) is 8.42 Å². The molecule has 0 radical (unpaired) electrons. The first-order valence-corrected chi connectivity index (χ1v) is 14.7. The number of alkyl halides is 2. The molecule has 9 nitrogen and oxygen atoms in total. The number of nitrogens with zero attached hydrogens (tertiary/aromatic N) is 1. The van der Waals surface area contributed by atoms with E-state index in [0.29, 0.717) is 24.2 Å². The number of rotatable bonds is 7. The van der Waals surface area contributed by atoms with Crippen LogP contribution in [0.25, 0.3) is 0 Å². The Balaban J connectivity index is 1.25. The Morgan fingerprint density at radius 1 is 1.08 bits per heavy atom. The van der Waals surface area contributed by atoms with E-state index in [2.05, 4.69) is 4.74 Å². The number of esters is 2. The van der Waals surface area contributed by atoms with E-state index in [0.717, 1.165) is 38.5 Å². The van der Waals surface area contributed by atoms with E-state index >= 15 is 0 Å². The molecule has 1 aliphatic heterocycles. The van der Waals surface area contributed by atoms with Crippen molar-refractivity contribution >= 4 is 28.0 Å². The first kappa shape index (κ1) is 25.5. The summed E-state index contributed by atoms with van der Waals surface area (Å²) in [6.45, 7) is 1.75. The number of amides is 1. The zero-order chi connectivity index (χ0) is 26.7. The van der Waals surface area contributed by atoms with Crippen molar-refractivity contribution in [1.82, 2.24) is 4.90 Å². The van der Waals surface area contributed by atoms with Crippen LogP contribution in [-0.4, -0.2) is 65.8 Å². The minimum atomic E-state index is -6.03. The lowest BCUT2D eigenvalue weighted by Crippen LogP contribution is -2.54. The van der Waals surface area contributed by atoms with Gasteiger partial charge in [0, 0.05) is 12.0 Å². The molecule has 6 aliphatic carbocycles. The Hall–Kier alpha value is -1.82. The van der Waals surface area contributed by atoms with Crippen LogP contribution in [0.3, 0.4) is 0 Å². The highest BCUT2D eigenvalue weighted by Gasteiger charge is 2.72. The molecule has 206 valence electrons. The molecule has 1 amide bonds. The summed E-state index contributed by atoms with van der Waals surface area (Å²) in [5, 5.41) is -4.78. The summed E-state index contributed by atoms with van der Waals surface area (Å²) < 4.78 is 70.7. The van der Waals surface area contributed by atoms with Gasteiger partial charge in [-0.15, -0.1) is 0 Å². The minimum absolute atomic E-state index is 0.228. The molecule has 0 N–H and O–H groups in total. The van der Waals surface area contributed by atoms with Crippen molar-refractivity contribution in [3.63, 3.8) is 0 Å². The predicted molar refractivity (Wildman–Crippen MR) is 120 cm³/mol. The number of carbonyl (C=O) groups excluding carboxylic acids is 3. The van der Waals surface area contributed by atoms with E-state index in [9.17, 15) is 36.1 Å². The third-order valence-electron chi connectivity index (χ3n) is 10.2. The monoisotopic (exact) mass is 544 g/mol. The largest absolute Gasteiger partial charge is 0.743 e. The van der Waals surface area contributed by atoms with Gasteiger partial charge in [-0.1, -0.05) is 0 Å². The van der Waals surface area contributed by atoms with E-state index in [-0.39, 0.29) is 23.8 Å². The smallest absolute Gasteiger partial charge is 0.367 e. The molecule has 7 aliphatic rings. The topological polar surface area (TPSA) is 130 Å².